The minimum Gasteiger partial charge on any atom is -0.507 e. The maximum atomic E-state index is 13.5. The zero-order chi connectivity index (χ0) is 33.2. The van der Waals surface area contributed by atoms with Crippen molar-refractivity contribution >= 4 is 52.9 Å². The van der Waals surface area contributed by atoms with E-state index < -0.39 is 28.8 Å². The van der Waals surface area contributed by atoms with Crippen LogP contribution in [0.3, 0.4) is 0 Å². The number of amides is 3. The number of anilines is 2. The van der Waals surface area contributed by atoms with Crippen LogP contribution in [0.5, 0.6) is 5.75 Å². The summed E-state index contributed by atoms with van der Waals surface area (Å²) in [5.74, 6) is -2.65. The van der Waals surface area contributed by atoms with Gasteiger partial charge in [-0.15, -0.1) is 11.8 Å². The molecule has 0 radical (unpaired) electrons. The van der Waals surface area contributed by atoms with E-state index in [2.05, 4.69) is 29.8 Å². The molecule has 1 atom stereocenters. The zero-order valence-corrected chi connectivity index (χ0v) is 26.4. The summed E-state index contributed by atoms with van der Waals surface area (Å²) in [5.41, 5.74) is 2.75. The highest BCUT2D eigenvalue weighted by molar-refractivity contribution is 8.00. The van der Waals surface area contributed by atoms with Crippen molar-refractivity contribution in [3.8, 4) is 5.75 Å². The van der Waals surface area contributed by atoms with Crippen LogP contribution in [0.25, 0.3) is 6.08 Å². The Bertz CT molecular complexity index is 1750. The van der Waals surface area contributed by atoms with Crippen molar-refractivity contribution in [1.29, 1.82) is 0 Å². The Morgan fingerprint density at radius 1 is 0.826 bits per heavy atom. The predicted molar refractivity (Wildman–Crippen MR) is 181 cm³/mol. The van der Waals surface area contributed by atoms with Gasteiger partial charge < -0.3 is 26.2 Å². The average molecular weight is 638 g/mol. The number of benzene rings is 4. The summed E-state index contributed by atoms with van der Waals surface area (Å²) < 4.78 is 0. The number of thioether (sulfide) groups is 1. The second-order valence-corrected chi connectivity index (χ2v) is 12.0. The number of carboxylic acid groups (broad SMARTS) is 1. The molecule has 4 aromatic rings. The number of rotatable bonds is 12. The summed E-state index contributed by atoms with van der Waals surface area (Å²) in [6, 6.07) is 27.2. The molecule has 236 valence electrons. The zero-order valence-electron chi connectivity index (χ0n) is 25.6. The van der Waals surface area contributed by atoms with Crippen LogP contribution in [0.15, 0.2) is 108 Å². The van der Waals surface area contributed by atoms with Gasteiger partial charge in [-0.2, -0.15) is 0 Å². The van der Waals surface area contributed by atoms with Gasteiger partial charge in [-0.05, 0) is 78.1 Å². The number of hydrogen-bond donors (Lipinski definition) is 5. The van der Waals surface area contributed by atoms with Crippen molar-refractivity contribution in [3.63, 3.8) is 0 Å². The van der Waals surface area contributed by atoms with Crippen molar-refractivity contribution < 1.29 is 29.4 Å². The molecule has 0 saturated carbocycles. The highest BCUT2D eigenvalue weighted by atomic mass is 32.2. The van der Waals surface area contributed by atoms with Crippen LogP contribution in [0.1, 0.15) is 65.0 Å². The molecule has 0 bridgehead atoms. The van der Waals surface area contributed by atoms with Gasteiger partial charge in [-0.1, -0.05) is 69.3 Å². The molecule has 0 saturated heterocycles. The van der Waals surface area contributed by atoms with Crippen LogP contribution in [-0.2, 0) is 9.59 Å². The maximum absolute atomic E-state index is 13.5. The van der Waals surface area contributed by atoms with Crippen molar-refractivity contribution in [2.75, 3.05) is 10.6 Å². The number of hydrogen-bond acceptors (Lipinski definition) is 6. The number of aromatic hydroxyl groups is 1. The minimum atomic E-state index is -1.31. The van der Waals surface area contributed by atoms with Crippen LogP contribution in [0.4, 0.5) is 11.4 Å². The van der Waals surface area contributed by atoms with Crippen molar-refractivity contribution in [2.45, 2.75) is 43.3 Å². The molecule has 1 unspecified atom stereocenters. The molecule has 0 aliphatic heterocycles. The number of phenols is 1. The second kappa shape index (κ2) is 15.6. The summed E-state index contributed by atoms with van der Waals surface area (Å²) >= 11 is 1.28. The predicted octanol–water partition coefficient (Wildman–Crippen LogP) is 7.13. The Kier molecular flexibility index (Phi) is 11.4. The van der Waals surface area contributed by atoms with Crippen molar-refractivity contribution in [2.24, 2.45) is 0 Å². The maximum Gasteiger partial charge on any atom is 0.339 e. The van der Waals surface area contributed by atoms with Gasteiger partial charge in [0.2, 0.25) is 5.91 Å². The molecule has 0 aliphatic rings. The SMILES string of the molecule is CCC(Sc1cccc(NC(=O)/C(=C\c2ccc(C(C)C)cc2)NC(=O)c2ccccc2)c1)C(=O)Nc1ccc(O)c(C(=O)O)c1. The van der Waals surface area contributed by atoms with Gasteiger partial charge in [0.25, 0.3) is 11.8 Å². The first kappa shape index (κ1) is 33.5. The first-order chi connectivity index (χ1) is 22.0. The Morgan fingerprint density at radius 3 is 2.17 bits per heavy atom. The van der Waals surface area contributed by atoms with Crippen molar-refractivity contribution in [3.05, 3.63) is 125 Å². The summed E-state index contributed by atoms with van der Waals surface area (Å²) in [7, 11) is 0. The number of nitrogens with one attached hydrogen (secondary N) is 3. The van der Waals surface area contributed by atoms with E-state index in [9.17, 15) is 29.4 Å². The normalized spacial score (nSPS) is 11.9. The fourth-order valence-corrected chi connectivity index (χ4v) is 5.44. The summed E-state index contributed by atoms with van der Waals surface area (Å²) in [6.45, 7) is 6.04. The summed E-state index contributed by atoms with van der Waals surface area (Å²) in [4.78, 5) is 51.7. The van der Waals surface area contributed by atoms with Gasteiger partial charge in [-0.25, -0.2) is 4.79 Å². The van der Waals surface area contributed by atoms with Crippen molar-refractivity contribution in [1.82, 2.24) is 5.32 Å². The van der Waals surface area contributed by atoms with E-state index >= 15 is 0 Å². The smallest absolute Gasteiger partial charge is 0.339 e. The first-order valence-corrected chi connectivity index (χ1v) is 15.5. The Hall–Kier alpha value is -5.35. The van der Waals surface area contributed by atoms with Gasteiger partial charge in [-0.3, -0.25) is 14.4 Å². The van der Waals surface area contributed by atoms with E-state index in [1.54, 1.807) is 54.6 Å². The van der Waals surface area contributed by atoms with Crippen LogP contribution in [0, 0.1) is 0 Å². The topological polar surface area (TPSA) is 145 Å². The molecule has 3 amide bonds. The van der Waals surface area contributed by atoms with E-state index in [1.807, 2.05) is 37.3 Å². The lowest BCUT2D eigenvalue weighted by molar-refractivity contribution is -0.116. The molecule has 0 aromatic heterocycles. The number of aromatic carboxylic acids is 1. The Labute approximate surface area is 271 Å². The highest BCUT2D eigenvalue weighted by Crippen LogP contribution is 2.29. The lowest BCUT2D eigenvalue weighted by atomic mass is 10.0. The van der Waals surface area contributed by atoms with Gasteiger partial charge in [0, 0.05) is 21.8 Å². The van der Waals surface area contributed by atoms with Crippen LogP contribution in [0.2, 0.25) is 0 Å². The third-order valence-electron chi connectivity index (χ3n) is 6.97. The quantitative estimate of drug-likeness (QED) is 0.0631. The van der Waals surface area contributed by atoms with Crippen LogP contribution in [-0.4, -0.2) is 39.2 Å². The lowest BCUT2D eigenvalue weighted by Gasteiger charge is -2.16. The molecule has 0 fully saturated rings. The largest absolute Gasteiger partial charge is 0.507 e. The molecular weight excluding hydrogens is 602 g/mol. The molecule has 9 nitrogen and oxygen atoms in total. The van der Waals surface area contributed by atoms with E-state index in [0.717, 1.165) is 11.1 Å². The average Bonchev–Trinajstić information content (AvgIpc) is 3.04. The molecule has 46 heavy (non-hydrogen) atoms. The lowest BCUT2D eigenvalue weighted by Crippen LogP contribution is -2.30. The highest BCUT2D eigenvalue weighted by Gasteiger charge is 2.20. The van der Waals surface area contributed by atoms with Crippen LogP contribution < -0.4 is 16.0 Å². The van der Waals surface area contributed by atoms with Gasteiger partial charge >= 0.3 is 5.97 Å². The standard InChI is InChI=1S/C36H35N3O6S/c1-4-32(35(43)38-27-17-18-31(40)29(21-27)36(44)45)46-28-12-8-11-26(20-28)37-34(42)30(39-33(41)25-9-6-5-7-10-25)19-23-13-15-24(16-14-23)22(2)3/h5-22,32,40H,4H2,1-3H3,(H,37,42)(H,38,43)(H,39,41)(H,44,45)/b30-19+. The molecule has 4 rings (SSSR count). The molecule has 0 heterocycles. The molecule has 0 spiro atoms. The van der Waals surface area contributed by atoms with Gasteiger partial charge in [0.1, 0.15) is 17.0 Å². The Morgan fingerprint density at radius 2 is 1.52 bits per heavy atom. The number of carboxylic acids is 1. The summed E-state index contributed by atoms with van der Waals surface area (Å²) in [5, 5.41) is 26.8. The van der Waals surface area contributed by atoms with E-state index in [-0.39, 0.29) is 22.9 Å². The second-order valence-electron chi connectivity index (χ2n) is 10.7. The molecular formula is C36H35N3O6S. The third-order valence-corrected chi connectivity index (χ3v) is 8.33. The van der Waals surface area contributed by atoms with E-state index in [0.29, 0.717) is 28.5 Å². The van der Waals surface area contributed by atoms with E-state index in [1.165, 1.54) is 30.0 Å². The monoisotopic (exact) mass is 637 g/mol. The Balaban J connectivity index is 1.51. The first-order valence-electron chi connectivity index (χ1n) is 14.7. The van der Waals surface area contributed by atoms with Gasteiger partial charge in [0.05, 0.1) is 5.25 Å². The third kappa shape index (κ3) is 9.09. The fraction of sp³-hybridized carbons (Fsp3) is 0.167. The molecule has 5 N–H and O–H groups in total. The fourth-order valence-electron chi connectivity index (χ4n) is 4.43. The molecule has 4 aromatic carbocycles. The molecule has 10 heteroatoms. The summed E-state index contributed by atoms with van der Waals surface area (Å²) in [6.07, 6.45) is 2.08. The molecule has 0 aliphatic carbocycles. The van der Waals surface area contributed by atoms with E-state index in [4.69, 9.17) is 0 Å². The number of carbonyl (C=O) groups excluding carboxylic acids is 3. The number of carbonyl (C=O) groups is 4. The minimum absolute atomic E-state index is 0.0599. The van der Waals surface area contributed by atoms with Crippen LogP contribution >= 0.6 is 11.8 Å². The van der Waals surface area contributed by atoms with Gasteiger partial charge in [0.15, 0.2) is 0 Å².